The van der Waals surface area contributed by atoms with Crippen LogP contribution in [-0.2, 0) is 6.42 Å². The lowest BCUT2D eigenvalue weighted by molar-refractivity contribution is 0.370. The van der Waals surface area contributed by atoms with Gasteiger partial charge in [-0.3, -0.25) is 0 Å². The van der Waals surface area contributed by atoms with Gasteiger partial charge in [0.1, 0.15) is 12.4 Å². The predicted molar refractivity (Wildman–Crippen MR) is 67.8 cm³/mol. The van der Waals surface area contributed by atoms with E-state index in [2.05, 4.69) is 12.8 Å². The molecule has 0 aliphatic carbocycles. The van der Waals surface area contributed by atoms with Gasteiger partial charge in [-0.15, -0.1) is 6.42 Å². The van der Waals surface area contributed by atoms with Crippen molar-refractivity contribution in [2.75, 3.05) is 6.61 Å². The number of ether oxygens (including phenoxy) is 1. The van der Waals surface area contributed by atoms with Crippen LogP contribution >= 0.6 is 11.6 Å². The second kappa shape index (κ2) is 6.42. The van der Waals surface area contributed by atoms with E-state index in [0.717, 1.165) is 18.4 Å². The lowest BCUT2D eigenvalue weighted by atomic mass is 10.0. The lowest BCUT2D eigenvalue weighted by Crippen LogP contribution is -2.21. The van der Waals surface area contributed by atoms with Crippen LogP contribution in [0.15, 0.2) is 18.2 Å². The van der Waals surface area contributed by atoms with E-state index in [4.69, 9.17) is 28.5 Å². The molecular weight excluding hydrogens is 222 g/mol. The van der Waals surface area contributed by atoms with Gasteiger partial charge in [0.25, 0.3) is 0 Å². The molecule has 0 saturated carbocycles. The largest absolute Gasteiger partial charge is 0.479 e. The number of rotatable bonds is 5. The van der Waals surface area contributed by atoms with Crippen LogP contribution in [0, 0.1) is 12.3 Å². The van der Waals surface area contributed by atoms with Crippen molar-refractivity contribution < 1.29 is 4.74 Å². The number of hydrogen-bond acceptors (Lipinski definition) is 2. The first-order chi connectivity index (χ1) is 7.67. The van der Waals surface area contributed by atoms with Crippen LogP contribution in [0.5, 0.6) is 5.75 Å². The van der Waals surface area contributed by atoms with Crippen LogP contribution in [0.4, 0.5) is 0 Å². The van der Waals surface area contributed by atoms with Crippen LogP contribution < -0.4 is 10.5 Å². The second-order valence-electron chi connectivity index (χ2n) is 3.63. The molecule has 86 valence electrons. The molecule has 1 rings (SSSR count). The van der Waals surface area contributed by atoms with Gasteiger partial charge in [0.05, 0.1) is 5.02 Å². The van der Waals surface area contributed by atoms with E-state index in [9.17, 15) is 0 Å². The summed E-state index contributed by atoms with van der Waals surface area (Å²) in [4.78, 5) is 0. The highest BCUT2D eigenvalue weighted by Crippen LogP contribution is 2.25. The van der Waals surface area contributed by atoms with Crippen LogP contribution in [0.1, 0.15) is 18.9 Å². The normalized spacial score (nSPS) is 11.9. The van der Waals surface area contributed by atoms with Gasteiger partial charge in [-0.1, -0.05) is 30.5 Å². The van der Waals surface area contributed by atoms with Gasteiger partial charge < -0.3 is 10.5 Å². The fourth-order valence-corrected chi connectivity index (χ4v) is 1.61. The minimum atomic E-state index is 0.175. The monoisotopic (exact) mass is 237 g/mol. The summed E-state index contributed by atoms with van der Waals surface area (Å²) in [7, 11) is 0. The van der Waals surface area contributed by atoms with Crippen molar-refractivity contribution in [3.05, 3.63) is 28.8 Å². The van der Waals surface area contributed by atoms with Gasteiger partial charge >= 0.3 is 0 Å². The fraction of sp³-hybridized carbons (Fsp3) is 0.385. The standard InChI is InChI=1S/C13H16ClNO/c1-3-7-16-13-6-5-10(9-12(13)14)8-11(15)4-2/h1,5-6,9,11H,4,7-8,15H2,2H3. The molecule has 0 amide bonds. The maximum atomic E-state index is 6.06. The molecule has 2 N–H and O–H groups in total. The zero-order valence-corrected chi connectivity index (χ0v) is 10.1. The third-order valence-corrected chi connectivity index (χ3v) is 2.62. The zero-order chi connectivity index (χ0) is 12.0. The van der Waals surface area contributed by atoms with Crippen molar-refractivity contribution in [1.29, 1.82) is 0 Å². The molecule has 0 saturated heterocycles. The molecular formula is C13H16ClNO. The molecule has 0 aliphatic rings. The van der Waals surface area contributed by atoms with Gasteiger partial charge in [-0.05, 0) is 30.5 Å². The molecule has 1 aromatic rings. The topological polar surface area (TPSA) is 35.2 Å². The summed E-state index contributed by atoms with van der Waals surface area (Å²) in [5.41, 5.74) is 6.99. The van der Waals surface area contributed by atoms with Crippen LogP contribution in [0.3, 0.4) is 0 Å². The van der Waals surface area contributed by atoms with E-state index in [-0.39, 0.29) is 12.6 Å². The molecule has 0 radical (unpaired) electrons. The third kappa shape index (κ3) is 3.77. The first-order valence-corrected chi connectivity index (χ1v) is 5.65. The van der Waals surface area contributed by atoms with Gasteiger partial charge in [0.15, 0.2) is 0 Å². The van der Waals surface area contributed by atoms with Crippen LogP contribution in [0.2, 0.25) is 5.02 Å². The second-order valence-corrected chi connectivity index (χ2v) is 4.04. The molecule has 1 atom stereocenters. The number of halogens is 1. The molecule has 1 aromatic carbocycles. The van der Waals surface area contributed by atoms with Crippen molar-refractivity contribution in [3.8, 4) is 18.1 Å². The van der Waals surface area contributed by atoms with Crippen molar-refractivity contribution in [2.45, 2.75) is 25.8 Å². The van der Waals surface area contributed by atoms with E-state index < -0.39 is 0 Å². The van der Waals surface area contributed by atoms with Crippen molar-refractivity contribution in [3.63, 3.8) is 0 Å². The maximum Gasteiger partial charge on any atom is 0.148 e. The minimum absolute atomic E-state index is 0.175. The van der Waals surface area contributed by atoms with Crippen LogP contribution in [0.25, 0.3) is 0 Å². The van der Waals surface area contributed by atoms with Crippen molar-refractivity contribution >= 4 is 11.6 Å². The van der Waals surface area contributed by atoms with Gasteiger partial charge in [0, 0.05) is 6.04 Å². The molecule has 0 spiro atoms. The number of nitrogens with two attached hydrogens (primary N) is 1. The first-order valence-electron chi connectivity index (χ1n) is 5.27. The highest BCUT2D eigenvalue weighted by Gasteiger charge is 2.05. The Balaban J connectivity index is 2.71. The Bertz CT molecular complexity index is 384. The van der Waals surface area contributed by atoms with Gasteiger partial charge in [-0.2, -0.15) is 0 Å². The average Bonchev–Trinajstić information content (AvgIpc) is 2.28. The van der Waals surface area contributed by atoms with Gasteiger partial charge in [0.2, 0.25) is 0 Å². The first kappa shape index (κ1) is 12.9. The Morgan fingerprint density at radius 1 is 1.56 bits per heavy atom. The van der Waals surface area contributed by atoms with E-state index >= 15 is 0 Å². The number of benzene rings is 1. The van der Waals surface area contributed by atoms with E-state index in [0.29, 0.717) is 10.8 Å². The molecule has 1 unspecified atom stereocenters. The van der Waals surface area contributed by atoms with E-state index in [1.165, 1.54) is 0 Å². The Morgan fingerprint density at radius 3 is 2.88 bits per heavy atom. The summed E-state index contributed by atoms with van der Waals surface area (Å²) in [6.45, 7) is 2.30. The molecule has 0 fully saturated rings. The minimum Gasteiger partial charge on any atom is -0.479 e. The summed E-state index contributed by atoms with van der Waals surface area (Å²) in [5, 5.41) is 0.580. The number of hydrogen-bond donors (Lipinski definition) is 1. The fourth-order valence-electron chi connectivity index (χ4n) is 1.35. The summed E-state index contributed by atoms with van der Waals surface area (Å²) < 4.78 is 5.27. The molecule has 3 heteroatoms. The summed E-state index contributed by atoms with van der Waals surface area (Å²) >= 11 is 6.06. The SMILES string of the molecule is C#CCOc1ccc(CC(N)CC)cc1Cl. The Kier molecular flexibility index (Phi) is 5.18. The summed E-state index contributed by atoms with van der Waals surface area (Å²) in [5.74, 6) is 3.02. The molecule has 2 nitrogen and oxygen atoms in total. The van der Waals surface area contributed by atoms with E-state index in [1.54, 1.807) is 0 Å². The molecule has 0 heterocycles. The summed E-state index contributed by atoms with van der Waals surface area (Å²) in [6, 6.07) is 5.85. The molecule has 16 heavy (non-hydrogen) atoms. The van der Waals surface area contributed by atoms with Crippen molar-refractivity contribution in [2.24, 2.45) is 5.73 Å². The Labute approximate surface area is 102 Å². The highest BCUT2D eigenvalue weighted by molar-refractivity contribution is 6.32. The Morgan fingerprint density at radius 2 is 2.31 bits per heavy atom. The molecule has 0 bridgehead atoms. The molecule has 0 aromatic heterocycles. The summed E-state index contributed by atoms with van der Waals surface area (Å²) in [6.07, 6.45) is 6.88. The van der Waals surface area contributed by atoms with E-state index in [1.807, 2.05) is 18.2 Å². The maximum absolute atomic E-state index is 6.06. The Hall–Kier alpha value is -1.17. The lowest BCUT2D eigenvalue weighted by Gasteiger charge is -2.10. The average molecular weight is 238 g/mol. The quantitative estimate of drug-likeness (QED) is 0.800. The van der Waals surface area contributed by atoms with Gasteiger partial charge in [-0.25, -0.2) is 0 Å². The zero-order valence-electron chi connectivity index (χ0n) is 9.37. The number of terminal acetylenes is 1. The third-order valence-electron chi connectivity index (χ3n) is 2.33. The van der Waals surface area contributed by atoms with Crippen molar-refractivity contribution in [1.82, 2.24) is 0 Å². The highest BCUT2D eigenvalue weighted by atomic mass is 35.5. The smallest absolute Gasteiger partial charge is 0.148 e. The van der Waals surface area contributed by atoms with Crippen LogP contribution in [-0.4, -0.2) is 12.6 Å². The predicted octanol–water partition coefficient (Wildman–Crippen LogP) is 2.63. The molecule has 0 aliphatic heterocycles.